The van der Waals surface area contributed by atoms with Crippen molar-refractivity contribution in [2.75, 3.05) is 45.6 Å². The first-order valence-electron chi connectivity index (χ1n) is 6.61. The minimum atomic E-state index is -0.290. The second-order valence-electron chi connectivity index (χ2n) is 4.71. The number of rotatable bonds is 4. The molecule has 1 aromatic rings. The Morgan fingerprint density at radius 3 is 2.65 bits per heavy atom. The van der Waals surface area contributed by atoms with Crippen molar-refractivity contribution in [2.45, 2.75) is 4.90 Å². The third-order valence-corrected chi connectivity index (χ3v) is 4.23. The Bertz CT molecular complexity index is 476. The maximum Gasteiger partial charge on any atom is 0.253 e. The molecule has 0 aromatic heterocycles. The normalized spacial score (nSPS) is 16.4. The summed E-state index contributed by atoms with van der Waals surface area (Å²) in [6, 6.07) is 4.50. The third kappa shape index (κ3) is 3.50. The lowest BCUT2D eigenvalue weighted by molar-refractivity contribution is 0.0614. The predicted octanol–water partition coefficient (Wildman–Crippen LogP) is 1.30. The number of carbonyl (C=O) groups is 1. The number of carbonyl (C=O) groups excluding carboxylic acids is 1. The molecule has 1 saturated heterocycles. The van der Waals surface area contributed by atoms with Gasteiger partial charge in [0.15, 0.2) is 0 Å². The standard InChI is InChI=1S/C14H19FN2O2S/c1-20-13-10-11(2-3-12(13)15)14(19)17-6-4-16(5-7-17)8-9-18/h2-3,10,18H,4-9H2,1H3. The highest BCUT2D eigenvalue weighted by Gasteiger charge is 2.22. The zero-order valence-corrected chi connectivity index (χ0v) is 12.3. The Hall–Kier alpha value is -1.11. The summed E-state index contributed by atoms with van der Waals surface area (Å²) in [4.78, 5) is 16.8. The van der Waals surface area contributed by atoms with E-state index in [0.29, 0.717) is 30.1 Å². The molecule has 1 N–H and O–H groups in total. The van der Waals surface area contributed by atoms with Gasteiger partial charge in [-0.05, 0) is 24.5 Å². The van der Waals surface area contributed by atoms with Crippen LogP contribution in [0.5, 0.6) is 0 Å². The van der Waals surface area contributed by atoms with Crippen molar-refractivity contribution in [3.63, 3.8) is 0 Å². The Balaban J connectivity index is 2.02. The van der Waals surface area contributed by atoms with Gasteiger partial charge >= 0.3 is 0 Å². The molecular weight excluding hydrogens is 279 g/mol. The average molecular weight is 298 g/mol. The number of hydrogen-bond donors (Lipinski definition) is 1. The number of benzene rings is 1. The number of β-amino-alcohol motifs (C(OH)–C–C–N with tert-alkyl or cyclic N) is 1. The van der Waals surface area contributed by atoms with E-state index in [9.17, 15) is 9.18 Å². The van der Waals surface area contributed by atoms with Crippen LogP contribution in [0.2, 0.25) is 0 Å². The second kappa shape index (κ2) is 7.06. The van der Waals surface area contributed by atoms with Crippen molar-refractivity contribution >= 4 is 17.7 Å². The van der Waals surface area contributed by atoms with Crippen molar-refractivity contribution in [1.82, 2.24) is 9.80 Å². The van der Waals surface area contributed by atoms with Crippen LogP contribution in [0.1, 0.15) is 10.4 Å². The zero-order chi connectivity index (χ0) is 14.5. The molecule has 1 aliphatic rings. The van der Waals surface area contributed by atoms with Gasteiger partial charge < -0.3 is 10.0 Å². The summed E-state index contributed by atoms with van der Waals surface area (Å²) in [6.45, 7) is 3.61. The largest absolute Gasteiger partial charge is 0.395 e. The lowest BCUT2D eigenvalue weighted by atomic mass is 10.1. The van der Waals surface area contributed by atoms with Crippen LogP contribution < -0.4 is 0 Å². The van der Waals surface area contributed by atoms with Crippen molar-refractivity contribution in [2.24, 2.45) is 0 Å². The van der Waals surface area contributed by atoms with E-state index in [4.69, 9.17) is 5.11 Å². The fraction of sp³-hybridized carbons (Fsp3) is 0.500. The number of aliphatic hydroxyl groups is 1. The third-order valence-electron chi connectivity index (χ3n) is 3.47. The van der Waals surface area contributed by atoms with E-state index in [1.165, 1.54) is 23.9 Å². The lowest BCUT2D eigenvalue weighted by Gasteiger charge is -2.34. The maximum absolute atomic E-state index is 13.4. The van der Waals surface area contributed by atoms with Crippen LogP contribution in [0, 0.1) is 5.82 Å². The number of thioether (sulfide) groups is 1. The number of hydrogen-bond acceptors (Lipinski definition) is 4. The van der Waals surface area contributed by atoms with Gasteiger partial charge in [-0.25, -0.2) is 4.39 Å². The minimum absolute atomic E-state index is 0.0519. The molecule has 0 bridgehead atoms. The molecule has 110 valence electrons. The molecule has 0 aliphatic carbocycles. The SMILES string of the molecule is CSc1cc(C(=O)N2CCN(CCO)CC2)ccc1F. The maximum atomic E-state index is 13.4. The zero-order valence-electron chi connectivity index (χ0n) is 11.5. The number of piperazine rings is 1. The molecule has 0 atom stereocenters. The first-order chi connectivity index (χ1) is 9.65. The van der Waals surface area contributed by atoms with Crippen molar-refractivity contribution in [1.29, 1.82) is 0 Å². The van der Waals surface area contributed by atoms with Gasteiger partial charge in [-0.15, -0.1) is 11.8 Å². The summed E-state index contributed by atoms with van der Waals surface area (Å²) >= 11 is 1.30. The average Bonchev–Trinajstić information content (AvgIpc) is 2.48. The molecule has 1 aromatic carbocycles. The van der Waals surface area contributed by atoms with Gasteiger partial charge in [-0.2, -0.15) is 0 Å². The first-order valence-corrected chi connectivity index (χ1v) is 7.84. The van der Waals surface area contributed by atoms with Crippen LogP contribution in [-0.2, 0) is 0 Å². The van der Waals surface area contributed by atoms with E-state index in [1.54, 1.807) is 17.2 Å². The molecule has 0 spiro atoms. The van der Waals surface area contributed by atoms with Crippen LogP contribution in [0.15, 0.2) is 23.1 Å². The fourth-order valence-electron chi connectivity index (χ4n) is 2.29. The number of halogens is 1. The molecule has 6 heteroatoms. The predicted molar refractivity (Wildman–Crippen MR) is 77.6 cm³/mol. The molecule has 1 aliphatic heterocycles. The summed E-state index contributed by atoms with van der Waals surface area (Å²) in [5, 5.41) is 8.90. The quantitative estimate of drug-likeness (QED) is 0.851. The van der Waals surface area contributed by atoms with Crippen LogP contribution in [0.25, 0.3) is 0 Å². The minimum Gasteiger partial charge on any atom is -0.395 e. The lowest BCUT2D eigenvalue weighted by Crippen LogP contribution is -2.49. The molecule has 1 amide bonds. The summed E-state index contributed by atoms with van der Waals surface area (Å²) in [6.07, 6.45) is 1.79. The Labute approximate surface area is 122 Å². The van der Waals surface area contributed by atoms with Crippen LogP contribution >= 0.6 is 11.8 Å². The smallest absolute Gasteiger partial charge is 0.253 e. The number of amides is 1. The molecule has 1 heterocycles. The van der Waals surface area contributed by atoms with Crippen LogP contribution in [-0.4, -0.2) is 66.4 Å². The summed E-state index contributed by atoms with van der Waals surface area (Å²) in [5.74, 6) is -0.342. The topological polar surface area (TPSA) is 43.8 Å². The highest BCUT2D eigenvalue weighted by atomic mass is 32.2. The number of aliphatic hydroxyl groups excluding tert-OH is 1. The fourth-order valence-corrected chi connectivity index (χ4v) is 2.80. The Morgan fingerprint density at radius 1 is 1.35 bits per heavy atom. The van der Waals surface area contributed by atoms with E-state index in [0.717, 1.165) is 13.1 Å². The molecule has 4 nitrogen and oxygen atoms in total. The van der Waals surface area contributed by atoms with E-state index >= 15 is 0 Å². The van der Waals surface area contributed by atoms with E-state index in [-0.39, 0.29) is 18.3 Å². The van der Waals surface area contributed by atoms with Crippen LogP contribution in [0.3, 0.4) is 0 Å². The van der Waals surface area contributed by atoms with E-state index in [1.807, 2.05) is 0 Å². The van der Waals surface area contributed by atoms with Crippen molar-refractivity contribution in [3.8, 4) is 0 Å². The summed E-state index contributed by atoms with van der Waals surface area (Å²) < 4.78 is 13.4. The molecule has 2 rings (SSSR count). The molecule has 20 heavy (non-hydrogen) atoms. The van der Waals surface area contributed by atoms with Crippen molar-refractivity contribution in [3.05, 3.63) is 29.6 Å². The molecule has 0 radical (unpaired) electrons. The molecule has 0 unspecified atom stereocenters. The van der Waals surface area contributed by atoms with Crippen molar-refractivity contribution < 1.29 is 14.3 Å². The van der Waals surface area contributed by atoms with Gasteiger partial charge in [0.05, 0.1) is 6.61 Å². The molecular formula is C14H19FN2O2S. The Kier molecular flexibility index (Phi) is 5.39. The molecule has 1 fully saturated rings. The van der Waals surface area contributed by atoms with Gasteiger partial charge in [0.1, 0.15) is 5.82 Å². The van der Waals surface area contributed by atoms with Gasteiger partial charge in [0.25, 0.3) is 5.91 Å². The van der Waals surface area contributed by atoms with E-state index in [2.05, 4.69) is 4.90 Å². The summed E-state index contributed by atoms with van der Waals surface area (Å²) in [5.41, 5.74) is 0.534. The van der Waals surface area contributed by atoms with Gasteiger partial charge in [0, 0.05) is 43.2 Å². The van der Waals surface area contributed by atoms with Gasteiger partial charge in [-0.3, -0.25) is 9.69 Å². The van der Waals surface area contributed by atoms with Gasteiger partial charge in [0.2, 0.25) is 0 Å². The molecule has 0 saturated carbocycles. The Morgan fingerprint density at radius 2 is 2.05 bits per heavy atom. The van der Waals surface area contributed by atoms with Gasteiger partial charge in [-0.1, -0.05) is 0 Å². The highest BCUT2D eigenvalue weighted by molar-refractivity contribution is 7.98. The number of nitrogens with zero attached hydrogens (tertiary/aromatic N) is 2. The van der Waals surface area contributed by atoms with Crippen LogP contribution in [0.4, 0.5) is 4.39 Å². The monoisotopic (exact) mass is 298 g/mol. The van der Waals surface area contributed by atoms with E-state index < -0.39 is 0 Å². The second-order valence-corrected chi connectivity index (χ2v) is 5.55. The summed E-state index contributed by atoms with van der Waals surface area (Å²) in [7, 11) is 0. The highest BCUT2D eigenvalue weighted by Crippen LogP contribution is 2.21. The first kappa shape index (κ1) is 15.3.